The Kier molecular flexibility index (Phi) is 15.2. The lowest BCUT2D eigenvalue weighted by Gasteiger charge is -2.43. The first-order valence-electron chi connectivity index (χ1n) is 16.4. The third kappa shape index (κ3) is 13.1. The number of rotatable bonds is 20. The predicted octanol–water partition coefficient (Wildman–Crippen LogP) is 7.74. The van der Waals surface area contributed by atoms with Crippen molar-refractivity contribution in [2.24, 2.45) is 11.3 Å². The van der Waals surface area contributed by atoms with Gasteiger partial charge in [-0.2, -0.15) is 0 Å². The Hall–Kier alpha value is -2.40. The van der Waals surface area contributed by atoms with Crippen molar-refractivity contribution in [1.82, 2.24) is 0 Å². The van der Waals surface area contributed by atoms with Gasteiger partial charge in [-0.3, -0.25) is 0 Å². The summed E-state index contributed by atoms with van der Waals surface area (Å²) >= 11 is 0. The molecule has 0 radical (unpaired) electrons. The molecule has 2 unspecified atom stereocenters. The second-order valence-electron chi connectivity index (χ2n) is 12.6. The van der Waals surface area contributed by atoms with Crippen molar-refractivity contribution in [2.45, 2.75) is 72.4 Å². The van der Waals surface area contributed by atoms with Gasteiger partial charge in [0.2, 0.25) is 0 Å². The van der Waals surface area contributed by atoms with Gasteiger partial charge in [0.05, 0.1) is 65.6 Å². The van der Waals surface area contributed by atoms with Gasteiger partial charge in [-0.05, 0) is 40.9 Å². The molecule has 1 saturated carbocycles. The highest BCUT2D eigenvalue weighted by Crippen LogP contribution is 2.40. The summed E-state index contributed by atoms with van der Waals surface area (Å²) in [5.41, 5.74) is 3.44. The minimum absolute atomic E-state index is 0.0221. The van der Waals surface area contributed by atoms with Crippen LogP contribution in [-0.4, -0.2) is 54.8 Å². The normalized spacial score (nSPS) is 17.4. The Bertz CT molecular complexity index is 1050. The standard InChI is InChI=1S/C37H52O7Si/c1-37(2,3)35-21-13-14-22-36(35)44-45(41-26-23-38-29-32-15-7-4-8-16-32,42-27-24-39-30-33-17-9-5-10-18-33)43-28-25-40-31-34-19-11-6-12-20-34/h4-12,15-20,35-36H,13-14,21-31H2,1-3H3. The monoisotopic (exact) mass is 636 g/mol. The van der Waals surface area contributed by atoms with Gasteiger partial charge in [-0.1, -0.05) is 125 Å². The first-order valence-corrected chi connectivity index (χ1v) is 18.0. The number of benzene rings is 3. The van der Waals surface area contributed by atoms with E-state index in [4.69, 9.17) is 31.9 Å². The maximum Gasteiger partial charge on any atom is 0.680 e. The van der Waals surface area contributed by atoms with E-state index in [0.717, 1.165) is 36.0 Å². The molecule has 0 spiro atoms. The zero-order valence-electron chi connectivity index (χ0n) is 27.4. The Morgan fingerprint density at radius 3 is 1.29 bits per heavy atom. The van der Waals surface area contributed by atoms with Crippen LogP contribution >= 0.6 is 0 Å². The summed E-state index contributed by atoms with van der Waals surface area (Å²) in [6.45, 7) is 10.5. The minimum Gasteiger partial charge on any atom is -0.374 e. The summed E-state index contributed by atoms with van der Waals surface area (Å²) in [5.74, 6) is 0.368. The van der Waals surface area contributed by atoms with E-state index in [-0.39, 0.29) is 11.5 Å². The van der Waals surface area contributed by atoms with Crippen LogP contribution in [0.1, 0.15) is 63.1 Å². The molecule has 1 aliphatic carbocycles. The van der Waals surface area contributed by atoms with Crippen molar-refractivity contribution in [2.75, 3.05) is 39.6 Å². The lowest BCUT2D eigenvalue weighted by atomic mass is 9.71. The smallest absolute Gasteiger partial charge is 0.374 e. The minimum atomic E-state index is -3.63. The highest BCUT2D eigenvalue weighted by atomic mass is 28.4. The summed E-state index contributed by atoms with van der Waals surface area (Å²) in [6, 6.07) is 30.4. The van der Waals surface area contributed by atoms with E-state index in [1.165, 1.54) is 6.42 Å². The third-order valence-corrected chi connectivity index (χ3v) is 10.2. The fraction of sp³-hybridized carbons (Fsp3) is 0.514. The molecule has 2 atom stereocenters. The van der Waals surface area contributed by atoms with Crippen LogP contribution in [0.5, 0.6) is 0 Å². The zero-order valence-corrected chi connectivity index (χ0v) is 28.4. The number of hydrogen-bond acceptors (Lipinski definition) is 7. The largest absolute Gasteiger partial charge is 0.680 e. The summed E-state index contributed by atoms with van der Waals surface area (Å²) in [7, 11) is -3.63. The summed E-state index contributed by atoms with van der Waals surface area (Å²) < 4.78 is 44.2. The number of ether oxygens (including phenoxy) is 3. The molecule has 0 aliphatic heterocycles. The van der Waals surface area contributed by atoms with Crippen LogP contribution in [0.25, 0.3) is 0 Å². The molecular weight excluding hydrogens is 584 g/mol. The molecule has 0 amide bonds. The average molecular weight is 637 g/mol. The van der Waals surface area contributed by atoms with Crippen molar-refractivity contribution in [1.29, 1.82) is 0 Å². The maximum absolute atomic E-state index is 6.92. The molecule has 0 heterocycles. The van der Waals surface area contributed by atoms with Gasteiger partial charge in [0.25, 0.3) is 0 Å². The molecule has 1 aliphatic rings. The van der Waals surface area contributed by atoms with E-state index in [0.29, 0.717) is 65.4 Å². The Morgan fingerprint density at radius 1 is 0.533 bits per heavy atom. The van der Waals surface area contributed by atoms with Gasteiger partial charge in [0, 0.05) is 0 Å². The molecule has 246 valence electrons. The molecule has 0 bridgehead atoms. The molecule has 8 heteroatoms. The average Bonchev–Trinajstić information content (AvgIpc) is 3.05. The van der Waals surface area contributed by atoms with Gasteiger partial charge in [-0.25, -0.2) is 0 Å². The van der Waals surface area contributed by atoms with E-state index in [1.54, 1.807) is 0 Å². The second-order valence-corrected chi connectivity index (χ2v) is 14.7. The van der Waals surface area contributed by atoms with Crippen molar-refractivity contribution < 1.29 is 31.9 Å². The maximum atomic E-state index is 6.92. The highest BCUT2D eigenvalue weighted by molar-refractivity contribution is 6.53. The highest BCUT2D eigenvalue weighted by Gasteiger charge is 2.50. The third-order valence-electron chi connectivity index (χ3n) is 7.96. The van der Waals surface area contributed by atoms with Crippen LogP contribution in [0.15, 0.2) is 91.0 Å². The molecule has 3 aromatic rings. The lowest BCUT2D eigenvalue weighted by molar-refractivity contribution is -0.105. The molecule has 3 aromatic carbocycles. The fourth-order valence-corrected chi connectivity index (χ4v) is 7.72. The number of hydrogen-bond donors (Lipinski definition) is 0. The van der Waals surface area contributed by atoms with E-state index in [9.17, 15) is 0 Å². The van der Waals surface area contributed by atoms with Gasteiger partial charge >= 0.3 is 9.05 Å². The quantitative estimate of drug-likeness (QED) is 0.0929. The van der Waals surface area contributed by atoms with Crippen LogP contribution in [0.3, 0.4) is 0 Å². The molecule has 7 nitrogen and oxygen atoms in total. The Morgan fingerprint density at radius 2 is 0.911 bits per heavy atom. The molecule has 45 heavy (non-hydrogen) atoms. The van der Waals surface area contributed by atoms with E-state index in [1.807, 2.05) is 54.6 Å². The van der Waals surface area contributed by atoms with Crippen LogP contribution in [0.2, 0.25) is 0 Å². The predicted molar refractivity (Wildman–Crippen MR) is 178 cm³/mol. The van der Waals surface area contributed by atoms with Gasteiger partial charge in [0.15, 0.2) is 0 Å². The molecular formula is C37H52O7Si. The van der Waals surface area contributed by atoms with Crippen molar-refractivity contribution in [3.8, 4) is 0 Å². The molecule has 4 rings (SSSR count). The Balaban J connectivity index is 1.41. The SMILES string of the molecule is CC(C)(C)C1CCCCC1O[Si](OCCOCc1ccccc1)(OCCOCc1ccccc1)OCCOCc1ccccc1. The molecule has 0 saturated heterocycles. The van der Waals surface area contributed by atoms with Crippen LogP contribution < -0.4 is 0 Å². The summed E-state index contributed by atoms with van der Waals surface area (Å²) in [5, 5.41) is 0. The van der Waals surface area contributed by atoms with E-state index >= 15 is 0 Å². The zero-order chi connectivity index (χ0) is 31.6. The second kappa shape index (κ2) is 19.3. The molecule has 1 fully saturated rings. The topological polar surface area (TPSA) is 64.6 Å². The molecule has 0 aromatic heterocycles. The summed E-state index contributed by atoms with van der Waals surface area (Å²) in [6.07, 6.45) is 4.35. The van der Waals surface area contributed by atoms with E-state index in [2.05, 4.69) is 57.2 Å². The summed E-state index contributed by atoms with van der Waals surface area (Å²) in [4.78, 5) is 0. The van der Waals surface area contributed by atoms with E-state index < -0.39 is 9.05 Å². The van der Waals surface area contributed by atoms with Crippen LogP contribution in [0.4, 0.5) is 0 Å². The van der Waals surface area contributed by atoms with Gasteiger partial charge in [-0.15, -0.1) is 0 Å². The van der Waals surface area contributed by atoms with Crippen LogP contribution in [-0.2, 0) is 51.7 Å². The van der Waals surface area contributed by atoms with Gasteiger partial charge < -0.3 is 31.9 Å². The first kappa shape index (κ1) is 35.5. The van der Waals surface area contributed by atoms with Crippen molar-refractivity contribution in [3.05, 3.63) is 108 Å². The molecule has 0 N–H and O–H groups in total. The van der Waals surface area contributed by atoms with Crippen molar-refractivity contribution in [3.63, 3.8) is 0 Å². The van der Waals surface area contributed by atoms with Crippen LogP contribution in [0, 0.1) is 11.3 Å². The Labute approximate surface area is 271 Å². The van der Waals surface area contributed by atoms with Gasteiger partial charge in [0.1, 0.15) is 0 Å². The first-order chi connectivity index (χ1) is 21.9. The van der Waals surface area contributed by atoms with Crippen molar-refractivity contribution >= 4 is 9.05 Å². The lowest BCUT2D eigenvalue weighted by Crippen LogP contribution is -2.55. The fourth-order valence-electron chi connectivity index (χ4n) is 5.61.